The lowest BCUT2D eigenvalue weighted by Crippen LogP contribution is -2.29. The van der Waals surface area contributed by atoms with E-state index in [1.807, 2.05) is 0 Å². The standard InChI is InChI=1S/C25H19F4N3O4S2/c26-18-5-1-16(2-6-18)13-14-36-21-11-3-17(4-12-21)15-22-23(33)31-24(37-22)30-19-7-9-20(10-8-19)32-38(34,35)25(27,28)29/h1-12,15,32H,13-14H2,(H,30,31,33). The number of ether oxygens (including phenoxy) is 1. The van der Waals surface area contributed by atoms with Gasteiger partial charge in [0.05, 0.1) is 17.2 Å². The summed E-state index contributed by atoms with van der Waals surface area (Å²) in [4.78, 5) is 16.9. The number of sulfonamides is 1. The third-order valence-electron chi connectivity index (χ3n) is 5.06. The lowest BCUT2D eigenvalue weighted by atomic mass is 10.1. The van der Waals surface area contributed by atoms with Crippen molar-refractivity contribution in [3.8, 4) is 5.75 Å². The predicted molar refractivity (Wildman–Crippen MR) is 138 cm³/mol. The molecule has 4 rings (SSSR count). The smallest absolute Gasteiger partial charge is 0.493 e. The third-order valence-corrected chi connectivity index (χ3v) is 7.08. The Balaban J connectivity index is 1.34. The topological polar surface area (TPSA) is 96.9 Å². The Morgan fingerprint density at radius 2 is 1.63 bits per heavy atom. The van der Waals surface area contributed by atoms with E-state index in [2.05, 4.69) is 10.3 Å². The molecule has 198 valence electrons. The maximum atomic E-state index is 13.0. The van der Waals surface area contributed by atoms with Gasteiger partial charge in [-0.3, -0.25) is 9.52 Å². The molecule has 1 fully saturated rings. The van der Waals surface area contributed by atoms with Gasteiger partial charge in [-0.15, -0.1) is 0 Å². The highest BCUT2D eigenvalue weighted by Gasteiger charge is 2.46. The maximum absolute atomic E-state index is 13.0. The molecule has 1 aliphatic heterocycles. The van der Waals surface area contributed by atoms with Crippen LogP contribution in [0.2, 0.25) is 0 Å². The summed E-state index contributed by atoms with van der Waals surface area (Å²) < 4.78 is 80.0. The second-order valence-electron chi connectivity index (χ2n) is 7.87. The van der Waals surface area contributed by atoms with Crippen LogP contribution in [0.5, 0.6) is 5.75 Å². The highest BCUT2D eigenvalue weighted by Crippen LogP contribution is 2.30. The van der Waals surface area contributed by atoms with Crippen LogP contribution in [0.15, 0.2) is 82.7 Å². The molecule has 1 heterocycles. The number of hydrogen-bond donors (Lipinski definition) is 2. The largest absolute Gasteiger partial charge is 0.516 e. The van der Waals surface area contributed by atoms with Gasteiger partial charge in [0.15, 0.2) is 5.17 Å². The highest BCUT2D eigenvalue weighted by molar-refractivity contribution is 8.18. The van der Waals surface area contributed by atoms with Crippen molar-refractivity contribution >= 4 is 50.3 Å². The number of aliphatic imine (C=N–C) groups is 1. The van der Waals surface area contributed by atoms with Gasteiger partial charge in [0, 0.05) is 12.1 Å². The molecule has 0 aliphatic carbocycles. The maximum Gasteiger partial charge on any atom is 0.516 e. The number of carbonyl (C=O) groups is 1. The number of alkyl halides is 3. The van der Waals surface area contributed by atoms with Crippen LogP contribution in [0.3, 0.4) is 0 Å². The van der Waals surface area contributed by atoms with E-state index >= 15 is 0 Å². The molecule has 0 saturated carbocycles. The molecule has 1 aliphatic rings. The summed E-state index contributed by atoms with van der Waals surface area (Å²) >= 11 is 1.07. The average Bonchev–Trinajstić information content (AvgIpc) is 3.20. The van der Waals surface area contributed by atoms with Crippen molar-refractivity contribution in [1.29, 1.82) is 0 Å². The van der Waals surface area contributed by atoms with Gasteiger partial charge in [-0.25, -0.2) is 9.38 Å². The highest BCUT2D eigenvalue weighted by atomic mass is 32.2. The van der Waals surface area contributed by atoms with Crippen molar-refractivity contribution in [1.82, 2.24) is 5.32 Å². The molecule has 1 saturated heterocycles. The molecule has 0 unspecified atom stereocenters. The first-order chi connectivity index (χ1) is 18.0. The van der Waals surface area contributed by atoms with E-state index in [0.717, 1.165) is 35.0 Å². The van der Waals surface area contributed by atoms with Crippen LogP contribution in [-0.2, 0) is 21.2 Å². The zero-order valence-electron chi connectivity index (χ0n) is 19.3. The van der Waals surface area contributed by atoms with Crippen molar-refractivity contribution in [3.63, 3.8) is 0 Å². The average molecular weight is 566 g/mol. The third kappa shape index (κ3) is 7.13. The zero-order chi connectivity index (χ0) is 27.3. The molecule has 7 nitrogen and oxygen atoms in total. The molecule has 0 atom stereocenters. The number of carbonyl (C=O) groups excluding carboxylic acids is 1. The molecule has 38 heavy (non-hydrogen) atoms. The molecule has 1 amide bonds. The number of anilines is 1. The van der Waals surface area contributed by atoms with Crippen LogP contribution in [0.4, 0.5) is 28.9 Å². The quantitative estimate of drug-likeness (QED) is 0.274. The summed E-state index contributed by atoms with van der Waals surface area (Å²) in [7, 11) is -5.52. The van der Waals surface area contributed by atoms with E-state index in [9.17, 15) is 30.8 Å². The van der Waals surface area contributed by atoms with E-state index in [-0.39, 0.29) is 22.6 Å². The Labute approximate surface area is 219 Å². The van der Waals surface area contributed by atoms with Gasteiger partial charge in [-0.05, 0) is 77.5 Å². The first kappa shape index (κ1) is 27.2. The van der Waals surface area contributed by atoms with Crippen molar-refractivity contribution < 1.29 is 35.5 Å². The fraction of sp³-hybridized carbons (Fsp3) is 0.120. The van der Waals surface area contributed by atoms with Gasteiger partial charge in [0.2, 0.25) is 0 Å². The number of nitrogens with one attached hydrogen (secondary N) is 2. The van der Waals surface area contributed by atoms with Crippen LogP contribution in [0.25, 0.3) is 6.08 Å². The molecule has 13 heteroatoms. The van der Waals surface area contributed by atoms with Crippen molar-refractivity contribution in [3.05, 3.63) is 94.6 Å². The van der Waals surface area contributed by atoms with Gasteiger partial charge in [0.1, 0.15) is 11.6 Å². The molecule has 0 radical (unpaired) electrons. The molecular formula is C25H19F4N3O4S2. The second-order valence-corrected chi connectivity index (χ2v) is 10.6. The first-order valence-corrected chi connectivity index (χ1v) is 13.2. The van der Waals surface area contributed by atoms with E-state index in [1.165, 1.54) is 29.0 Å². The van der Waals surface area contributed by atoms with E-state index in [1.54, 1.807) is 42.5 Å². The first-order valence-electron chi connectivity index (χ1n) is 10.9. The predicted octanol–water partition coefficient (Wildman–Crippen LogP) is 5.60. The Hall–Kier alpha value is -3.84. The number of amidine groups is 1. The summed E-state index contributed by atoms with van der Waals surface area (Å²) in [5.41, 5.74) is -3.71. The van der Waals surface area contributed by atoms with Crippen LogP contribution >= 0.6 is 11.8 Å². The summed E-state index contributed by atoms with van der Waals surface area (Å²) in [5.74, 6) is -0.0233. The van der Waals surface area contributed by atoms with Crippen molar-refractivity contribution in [2.45, 2.75) is 11.9 Å². The lowest BCUT2D eigenvalue weighted by Gasteiger charge is -2.10. The summed E-state index contributed by atoms with van der Waals surface area (Å²) in [6.07, 6.45) is 2.29. The molecule has 3 aromatic rings. The monoisotopic (exact) mass is 565 g/mol. The van der Waals surface area contributed by atoms with Gasteiger partial charge in [-0.1, -0.05) is 24.3 Å². The zero-order valence-corrected chi connectivity index (χ0v) is 21.0. The number of rotatable bonds is 8. The van der Waals surface area contributed by atoms with Crippen molar-refractivity contribution in [2.75, 3.05) is 11.3 Å². The Kier molecular flexibility index (Phi) is 8.07. The minimum Gasteiger partial charge on any atom is -0.493 e. The van der Waals surface area contributed by atoms with E-state index in [4.69, 9.17) is 4.74 Å². The number of thioether (sulfide) groups is 1. The molecular weight excluding hydrogens is 546 g/mol. The molecule has 0 spiro atoms. The number of benzene rings is 3. The van der Waals surface area contributed by atoms with Crippen LogP contribution in [-0.4, -0.2) is 31.6 Å². The fourth-order valence-electron chi connectivity index (χ4n) is 3.16. The number of halogens is 4. The van der Waals surface area contributed by atoms with Crippen molar-refractivity contribution in [2.24, 2.45) is 4.99 Å². The summed E-state index contributed by atoms with van der Waals surface area (Å²) in [6.45, 7) is 0.416. The minimum absolute atomic E-state index is 0.255. The van der Waals surface area contributed by atoms with Crippen LogP contribution in [0, 0.1) is 5.82 Å². The normalized spacial score (nSPS) is 16.1. The van der Waals surface area contributed by atoms with Gasteiger partial charge >= 0.3 is 15.5 Å². The SMILES string of the molecule is O=C1NC(=Nc2ccc(NS(=O)(=O)C(F)(F)F)cc2)SC1=Cc1ccc(OCCc2ccc(F)cc2)cc1. The van der Waals surface area contributed by atoms with Gasteiger partial charge in [0.25, 0.3) is 5.91 Å². The van der Waals surface area contributed by atoms with Gasteiger partial charge < -0.3 is 10.1 Å². The number of nitrogens with zero attached hydrogens (tertiary/aromatic N) is 1. The Morgan fingerprint density at radius 1 is 0.974 bits per heavy atom. The molecule has 0 aromatic heterocycles. The second kappa shape index (κ2) is 11.3. The van der Waals surface area contributed by atoms with Crippen LogP contribution < -0.4 is 14.8 Å². The number of amides is 1. The minimum atomic E-state index is -5.52. The Bertz CT molecular complexity index is 1470. The summed E-state index contributed by atoms with van der Waals surface area (Å²) in [6, 6.07) is 18.2. The molecule has 0 bridgehead atoms. The molecule has 2 N–H and O–H groups in total. The van der Waals surface area contributed by atoms with Gasteiger partial charge in [-0.2, -0.15) is 21.6 Å². The lowest BCUT2D eigenvalue weighted by molar-refractivity contribution is -0.115. The van der Waals surface area contributed by atoms with Crippen LogP contribution in [0.1, 0.15) is 11.1 Å². The van der Waals surface area contributed by atoms with E-state index < -0.39 is 15.5 Å². The fourth-order valence-corrected chi connectivity index (χ4v) is 4.57. The summed E-state index contributed by atoms with van der Waals surface area (Å²) in [5, 5.41) is 2.86. The van der Waals surface area contributed by atoms with E-state index in [0.29, 0.717) is 29.4 Å². The Morgan fingerprint density at radius 3 is 2.26 bits per heavy atom. The number of hydrogen-bond acceptors (Lipinski definition) is 6. The molecule has 3 aromatic carbocycles.